The van der Waals surface area contributed by atoms with Crippen LogP contribution in [0.1, 0.15) is 29.6 Å². The first-order chi connectivity index (χ1) is 9.04. The van der Waals surface area contributed by atoms with Crippen LogP contribution < -0.4 is 5.32 Å². The number of nitrogens with one attached hydrogen (secondary N) is 1. The fourth-order valence-corrected chi connectivity index (χ4v) is 2.44. The molecule has 0 unspecified atom stereocenters. The number of carbonyl (C=O) groups excluding carboxylic acids is 1. The van der Waals surface area contributed by atoms with Crippen LogP contribution in [0.3, 0.4) is 0 Å². The molecular formula is C13H16Cl2N2O2. The second-order valence-corrected chi connectivity index (χ2v) is 5.70. The van der Waals surface area contributed by atoms with Gasteiger partial charge in [-0.2, -0.15) is 0 Å². The number of rotatable bonds is 6. The van der Waals surface area contributed by atoms with Gasteiger partial charge in [-0.1, -0.05) is 23.2 Å². The van der Waals surface area contributed by atoms with Crippen molar-refractivity contribution in [2.24, 2.45) is 5.41 Å². The molecule has 1 aromatic rings. The first-order valence-corrected chi connectivity index (χ1v) is 6.90. The van der Waals surface area contributed by atoms with Crippen LogP contribution in [0.4, 0.5) is 0 Å². The molecular weight excluding hydrogens is 287 g/mol. The SMILES string of the molecule is COCCC1(CNC(=O)c2cc(Cl)nc(Cl)c2)CC1. The average molecular weight is 303 g/mol. The minimum absolute atomic E-state index is 0.171. The molecule has 2 rings (SSSR count). The van der Waals surface area contributed by atoms with E-state index >= 15 is 0 Å². The monoisotopic (exact) mass is 302 g/mol. The molecule has 6 heteroatoms. The van der Waals surface area contributed by atoms with Gasteiger partial charge in [0.25, 0.3) is 5.91 Å². The maximum atomic E-state index is 12.0. The van der Waals surface area contributed by atoms with E-state index < -0.39 is 0 Å². The van der Waals surface area contributed by atoms with Crippen molar-refractivity contribution in [3.8, 4) is 0 Å². The van der Waals surface area contributed by atoms with Crippen LogP contribution >= 0.6 is 23.2 Å². The highest BCUT2D eigenvalue weighted by Crippen LogP contribution is 2.48. The molecule has 104 valence electrons. The first-order valence-electron chi connectivity index (χ1n) is 6.15. The summed E-state index contributed by atoms with van der Waals surface area (Å²) >= 11 is 11.5. The summed E-state index contributed by atoms with van der Waals surface area (Å²) in [6.45, 7) is 1.38. The van der Waals surface area contributed by atoms with Crippen molar-refractivity contribution in [2.45, 2.75) is 19.3 Å². The maximum Gasteiger partial charge on any atom is 0.251 e. The molecule has 1 saturated carbocycles. The number of nitrogens with zero attached hydrogens (tertiary/aromatic N) is 1. The highest BCUT2D eigenvalue weighted by molar-refractivity contribution is 6.33. The molecule has 0 aromatic carbocycles. The van der Waals surface area contributed by atoms with E-state index in [9.17, 15) is 4.79 Å². The number of ether oxygens (including phenoxy) is 1. The van der Waals surface area contributed by atoms with Crippen LogP contribution in [0, 0.1) is 5.41 Å². The molecule has 0 radical (unpaired) electrons. The second-order valence-electron chi connectivity index (χ2n) is 4.93. The van der Waals surface area contributed by atoms with E-state index in [2.05, 4.69) is 10.3 Å². The molecule has 4 nitrogen and oxygen atoms in total. The average Bonchev–Trinajstić information content (AvgIpc) is 3.13. The maximum absolute atomic E-state index is 12.0. The Bertz CT molecular complexity index is 455. The van der Waals surface area contributed by atoms with E-state index in [1.807, 2.05) is 0 Å². The predicted molar refractivity (Wildman–Crippen MR) is 74.8 cm³/mol. The Morgan fingerprint density at radius 3 is 2.58 bits per heavy atom. The third kappa shape index (κ3) is 4.06. The van der Waals surface area contributed by atoms with Crippen molar-refractivity contribution in [1.82, 2.24) is 10.3 Å². The summed E-state index contributed by atoms with van der Waals surface area (Å²) in [6, 6.07) is 3.02. The van der Waals surface area contributed by atoms with Crippen LogP contribution in [0.2, 0.25) is 10.3 Å². The molecule has 0 atom stereocenters. The number of amides is 1. The van der Waals surface area contributed by atoms with Crippen LogP contribution in [-0.2, 0) is 4.74 Å². The van der Waals surface area contributed by atoms with Gasteiger partial charge in [0, 0.05) is 25.8 Å². The Balaban J connectivity index is 1.91. The Hall–Kier alpha value is -0.840. The molecule has 19 heavy (non-hydrogen) atoms. The third-order valence-corrected chi connectivity index (χ3v) is 3.83. The molecule has 0 aliphatic heterocycles. The normalized spacial score (nSPS) is 16.2. The van der Waals surface area contributed by atoms with E-state index in [4.69, 9.17) is 27.9 Å². The lowest BCUT2D eigenvalue weighted by atomic mass is 10.0. The lowest BCUT2D eigenvalue weighted by Gasteiger charge is -2.15. The lowest BCUT2D eigenvalue weighted by molar-refractivity contribution is 0.0938. The minimum atomic E-state index is -0.171. The molecule has 0 spiro atoms. The summed E-state index contributed by atoms with van der Waals surface area (Å²) in [5, 5.41) is 3.37. The van der Waals surface area contributed by atoms with Gasteiger partial charge in [-0.25, -0.2) is 4.98 Å². The van der Waals surface area contributed by atoms with Gasteiger partial charge in [0.1, 0.15) is 10.3 Å². The van der Waals surface area contributed by atoms with Gasteiger partial charge in [-0.15, -0.1) is 0 Å². The van der Waals surface area contributed by atoms with Crippen LogP contribution in [0.15, 0.2) is 12.1 Å². The number of halogens is 2. The Labute approximate surface area is 122 Å². The largest absolute Gasteiger partial charge is 0.385 e. The first kappa shape index (κ1) is 14.6. The van der Waals surface area contributed by atoms with Gasteiger partial charge in [-0.3, -0.25) is 4.79 Å². The van der Waals surface area contributed by atoms with Crippen molar-refractivity contribution in [1.29, 1.82) is 0 Å². The number of hydrogen-bond acceptors (Lipinski definition) is 3. The summed E-state index contributed by atoms with van der Waals surface area (Å²) in [5.74, 6) is -0.171. The van der Waals surface area contributed by atoms with Crippen molar-refractivity contribution in [2.75, 3.05) is 20.3 Å². The number of carbonyl (C=O) groups is 1. The zero-order valence-corrected chi connectivity index (χ0v) is 12.2. The van der Waals surface area contributed by atoms with Gasteiger partial charge in [0.05, 0.1) is 0 Å². The zero-order valence-electron chi connectivity index (χ0n) is 10.7. The van der Waals surface area contributed by atoms with Crippen LogP contribution in [0.5, 0.6) is 0 Å². The fraction of sp³-hybridized carbons (Fsp3) is 0.538. The van der Waals surface area contributed by atoms with E-state index in [1.54, 1.807) is 7.11 Å². The van der Waals surface area contributed by atoms with E-state index in [0.717, 1.165) is 25.9 Å². The molecule has 0 bridgehead atoms. The predicted octanol–water partition coefficient (Wildman–Crippen LogP) is 2.93. The van der Waals surface area contributed by atoms with Crippen molar-refractivity contribution >= 4 is 29.1 Å². The van der Waals surface area contributed by atoms with Gasteiger partial charge in [0.15, 0.2) is 0 Å². The van der Waals surface area contributed by atoms with Crippen LogP contribution in [0.25, 0.3) is 0 Å². The summed E-state index contributed by atoms with van der Waals surface area (Å²) < 4.78 is 5.08. The lowest BCUT2D eigenvalue weighted by Crippen LogP contribution is -2.30. The Morgan fingerprint density at radius 1 is 1.42 bits per heavy atom. The van der Waals surface area contributed by atoms with Gasteiger partial charge >= 0.3 is 0 Å². The van der Waals surface area contributed by atoms with Gasteiger partial charge < -0.3 is 10.1 Å². The second kappa shape index (κ2) is 6.07. The smallest absolute Gasteiger partial charge is 0.251 e. The molecule has 1 fully saturated rings. The summed E-state index contributed by atoms with van der Waals surface area (Å²) in [6.07, 6.45) is 3.24. The summed E-state index contributed by atoms with van der Waals surface area (Å²) in [5.41, 5.74) is 0.652. The molecule has 1 heterocycles. The van der Waals surface area contributed by atoms with Crippen molar-refractivity contribution < 1.29 is 9.53 Å². The van der Waals surface area contributed by atoms with Gasteiger partial charge in [0.2, 0.25) is 0 Å². The molecule has 1 aromatic heterocycles. The number of aromatic nitrogens is 1. The zero-order chi connectivity index (χ0) is 13.9. The third-order valence-electron chi connectivity index (χ3n) is 3.44. The topological polar surface area (TPSA) is 51.2 Å². The van der Waals surface area contributed by atoms with Crippen molar-refractivity contribution in [3.05, 3.63) is 28.0 Å². The Kier molecular flexibility index (Phi) is 4.66. The van der Waals surface area contributed by atoms with E-state index in [1.165, 1.54) is 12.1 Å². The van der Waals surface area contributed by atoms with Crippen molar-refractivity contribution in [3.63, 3.8) is 0 Å². The number of methoxy groups -OCH3 is 1. The van der Waals surface area contributed by atoms with Gasteiger partial charge in [-0.05, 0) is 36.8 Å². The fourth-order valence-electron chi connectivity index (χ4n) is 1.98. The van der Waals surface area contributed by atoms with Crippen LogP contribution in [-0.4, -0.2) is 31.2 Å². The minimum Gasteiger partial charge on any atom is -0.385 e. The molecule has 0 saturated heterocycles. The summed E-state index contributed by atoms with van der Waals surface area (Å²) in [7, 11) is 1.69. The standard InChI is InChI=1S/C13H16Cl2N2O2/c1-19-5-4-13(2-3-13)8-16-12(18)9-6-10(14)17-11(15)7-9/h6-7H,2-5,8H2,1H3,(H,16,18). The molecule has 1 aliphatic rings. The Morgan fingerprint density at radius 2 is 2.05 bits per heavy atom. The highest BCUT2D eigenvalue weighted by Gasteiger charge is 2.42. The van der Waals surface area contributed by atoms with E-state index in [-0.39, 0.29) is 21.6 Å². The highest BCUT2D eigenvalue weighted by atomic mass is 35.5. The quantitative estimate of drug-likeness (QED) is 0.822. The number of hydrogen-bond donors (Lipinski definition) is 1. The number of pyridine rings is 1. The molecule has 1 aliphatic carbocycles. The van der Waals surface area contributed by atoms with E-state index in [0.29, 0.717) is 12.1 Å². The molecule has 1 N–H and O–H groups in total. The molecule has 1 amide bonds. The summed E-state index contributed by atoms with van der Waals surface area (Å²) in [4.78, 5) is 15.8.